The monoisotopic (exact) mass is 247 g/mol. The van der Waals surface area contributed by atoms with E-state index in [1.165, 1.54) is 12.1 Å². The molecule has 4 heteroatoms. The van der Waals surface area contributed by atoms with E-state index in [-0.39, 0.29) is 5.82 Å². The van der Waals surface area contributed by atoms with E-state index < -0.39 is 0 Å². The molecule has 0 bridgehead atoms. The summed E-state index contributed by atoms with van der Waals surface area (Å²) in [5.74, 6) is 0.534. The molecular formula is C14H18FN3. The van der Waals surface area contributed by atoms with Crippen molar-refractivity contribution in [3.05, 3.63) is 42.0 Å². The Labute approximate surface area is 107 Å². The standard InChI is InChI=1S/C14H18FN3/c1-3-4-5-16-14-17-6-7-18(14)13-9-11(2)8-12(15)10-13/h6-10H,3-5H2,1-2H3,(H,16,17). The third kappa shape index (κ3) is 2.88. The van der Waals surface area contributed by atoms with Crippen molar-refractivity contribution >= 4 is 5.95 Å². The molecule has 0 saturated heterocycles. The third-order valence-corrected chi connectivity index (χ3v) is 2.76. The van der Waals surface area contributed by atoms with Crippen LogP contribution in [0.2, 0.25) is 0 Å². The first-order valence-corrected chi connectivity index (χ1v) is 6.25. The van der Waals surface area contributed by atoms with Crippen LogP contribution >= 0.6 is 0 Å². The predicted molar refractivity (Wildman–Crippen MR) is 71.7 cm³/mol. The van der Waals surface area contributed by atoms with Crippen molar-refractivity contribution < 1.29 is 4.39 Å². The number of aryl methyl sites for hydroxylation is 1. The molecule has 2 aromatic rings. The molecule has 0 aliphatic heterocycles. The lowest BCUT2D eigenvalue weighted by molar-refractivity contribution is 0.625. The largest absolute Gasteiger partial charge is 0.355 e. The van der Waals surface area contributed by atoms with E-state index in [1.807, 2.05) is 23.8 Å². The molecular weight excluding hydrogens is 229 g/mol. The number of aromatic nitrogens is 2. The van der Waals surface area contributed by atoms with E-state index in [0.717, 1.165) is 36.6 Å². The number of nitrogens with zero attached hydrogens (tertiary/aromatic N) is 2. The summed E-state index contributed by atoms with van der Waals surface area (Å²) in [6, 6.07) is 4.97. The van der Waals surface area contributed by atoms with E-state index in [0.29, 0.717) is 0 Å². The summed E-state index contributed by atoms with van der Waals surface area (Å²) >= 11 is 0. The van der Waals surface area contributed by atoms with Crippen LogP contribution in [0.25, 0.3) is 5.69 Å². The van der Waals surface area contributed by atoms with Crippen molar-refractivity contribution in [2.75, 3.05) is 11.9 Å². The maximum Gasteiger partial charge on any atom is 0.207 e. The molecule has 1 aromatic heterocycles. The van der Waals surface area contributed by atoms with Gasteiger partial charge in [0.2, 0.25) is 5.95 Å². The van der Waals surface area contributed by atoms with Crippen LogP contribution in [0.5, 0.6) is 0 Å². The second kappa shape index (κ2) is 5.67. The molecule has 0 radical (unpaired) electrons. The molecule has 0 spiro atoms. The van der Waals surface area contributed by atoms with E-state index in [4.69, 9.17) is 0 Å². The average molecular weight is 247 g/mol. The number of hydrogen-bond donors (Lipinski definition) is 1. The number of halogens is 1. The first-order chi connectivity index (χ1) is 8.70. The van der Waals surface area contributed by atoms with Gasteiger partial charge in [-0.2, -0.15) is 0 Å². The Morgan fingerprint density at radius 3 is 2.89 bits per heavy atom. The van der Waals surface area contributed by atoms with Crippen LogP contribution in [0.3, 0.4) is 0 Å². The predicted octanol–water partition coefficient (Wildman–Crippen LogP) is 3.53. The van der Waals surface area contributed by atoms with Crippen LogP contribution in [-0.2, 0) is 0 Å². The van der Waals surface area contributed by atoms with Crippen molar-refractivity contribution in [3.8, 4) is 5.69 Å². The Kier molecular flexibility index (Phi) is 3.97. The van der Waals surface area contributed by atoms with Gasteiger partial charge >= 0.3 is 0 Å². The number of rotatable bonds is 5. The molecule has 0 atom stereocenters. The summed E-state index contributed by atoms with van der Waals surface area (Å²) in [7, 11) is 0. The Balaban J connectivity index is 2.24. The number of nitrogens with one attached hydrogen (secondary N) is 1. The lowest BCUT2D eigenvalue weighted by Crippen LogP contribution is -2.07. The molecule has 0 aliphatic carbocycles. The topological polar surface area (TPSA) is 29.9 Å². The van der Waals surface area contributed by atoms with Gasteiger partial charge in [0.15, 0.2) is 0 Å². The van der Waals surface area contributed by atoms with Gasteiger partial charge in [0, 0.05) is 18.9 Å². The van der Waals surface area contributed by atoms with Crippen molar-refractivity contribution in [2.45, 2.75) is 26.7 Å². The zero-order valence-corrected chi connectivity index (χ0v) is 10.8. The highest BCUT2D eigenvalue weighted by molar-refractivity contribution is 5.43. The SMILES string of the molecule is CCCCNc1nccn1-c1cc(C)cc(F)c1. The molecule has 2 rings (SSSR count). The zero-order valence-electron chi connectivity index (χ0n) is 10.8. The summed E-state index contributed by atoms with van der Waals surface area (Å²) < 4.78 is 15.3. The highest BCUT2D eigenvalue weighted by Gasteiger charge is 2.06. The van der Waals surface area contributed by atoms with E-state index in [2.05, 4.69) is 17.2 Å². The molecule has 0 aliphatic rings. The van der Waals surface area contributed by atoms with E-state index >= 15 is 0 Å². The molecule has 1 aromatic carbocycles. The van der Waals surface area contributed by atoms with Gasteiger partial charge in [-0.1, -0.05) is 13.3 Å². The number of anilines is 1. The van der Waals surface area contributed by atoms with Gasteiger partial charge in [0.1, 0.15) is 5.82 Å². The average Bonchev–Trinajstić information content (AvgIpc) is 2.76. The molecule has 0 saturated carbocycles. The highest BCUT2D eigenvalue weighted by atomic mass is 19.1. The second-order valence-electron chi connectivity index (χ2n) is 4.39. The van der Waals surface area contributed by atoms with Gasteiger partial charge in [-0.3, -0.25) is 4.57 Å². The minimum Gasteiger partial charge on any atom is -0.355 e. The van der Waals surface area contributed by atoms with Crippen LogP contribution in [-0.4, -0.2) is 16.1 Å². The maximum atomic E-state index is 13.4. The normalized spacial score (nSPS) is 10.6. The van der Waals surface area contributed by atoms with Crippen LogP contribution in [0.1, 0.15) is 25.3 Å². The van der Waals surface area contributed by atoms with Gasteiger partial charge in [-0.15, -0.1) is 0 Å². The molecule has 0 amide bonds. The summed E-state index contributed by atoms with van der Waals surface area (Å²) in [5.41, 5.74) is 1.70. The van der Waals surface area contributed by atoms with Crippen LogP contribution in [0.15, 0.2) is 30.6 Å². The fraction of sp³-hybridized carbons (Fsp3) is 0.357. The number of imidazole rings is 1. The first-order valence-electron chi connectivity index (χ1n) is 6.25. The van der Waals surface area contributed by atoms with Gasteiger partial charge in [0.05, 0.1) is 5.69 Å². The van der Waals surface area contributed by atoms with Crippen LogP contribution in [0.4, 0.5) is 10.3 Å². The second-order valence-corrected chi connectivity index (χ2v) is 4.39. The molecule has 0 unspecified atom stereocenters. The number of unbranched alkanes of at least 4 members (excludes halogenated alkanes) is 1. The summed E-state index contributed by atoms with van der Waals surface area (Å²) in [6.45, 7) is 4.90. The summed E-state index contributed by atoms with van der Waals surface area (Å²) in [4.78, 5) is 4.25. The number of benzene rings is 1. The zero-order chi connectivity index (χ0) is 13.0. The van der Waals surface area contributed by atoms with Crippen molar-refractivity contribution in [2.24, 2.45) is 0 Å². The summed E-state index contributed by atoms with van der Waals surface area (Å²) in [6.07, 6.45) is 5.78. The minimum absolute atomic E-state index is 0.224. The van der Waals surface area contributed by atoms with Crippen molar-refractivity contribution in [1.29, 1.82) is 0 Å². The maximum absolute atomic E-state index is 13.4. The third-order valence-electron chi connectivity index (χ3n) is 2.76. The van der Waals surface area contributed by atoms with E-state index in [1.54, 1.807) is 6.20 Å². The Morgan fingerprint density at radius 1 is 1.33 bits per heavy atom. The Hall–Kier alpha value is -1.84. The van der Waals surface area contributed by atoms with Crippen molar-refractivity contribution in [3.63, 3.8) is 0 Å². The van der Waals surface area contributed by atoms with Crippen LogP contribution < -0.4 is 5.32 Å². The summed E-state index contributed by atoms with van der Waals surface area (Å²) in [5, 5.41) is 3.26. The van der Waals surface area contributed by atoms with Gasteiger partial charge in [-0.05, 0) is 37.1 Å². The lowest BCUT2D eigenvalue weighted by Gasteiger charge is -2.10. The van der Waals surface area contributed by atoms with E-state index in [9.17, 15) is 4.39 Å². The quantitative estimate of drug-likeness (QED) is 0.819. The molecule has 0 fully saturated rings. The number of hydrogen-bond acceptors (Lipinski definition) is 2. The highest BCUT2D eigenvalue weighted by Crippen LogP contribution is 2.17. The lowest BCUT2D eigenvalue weighted by atomic mass is 10.2. The molecule has 96 valence electrons. The van der Waals surface area contributed by atoms with Gasteiger partial charge in [0.25, 0.3) is 0 Å². The Bertz CT molecular complexity index is 499. The fourth-order valence-electron chi connectivity index (χ4n) is 1.88. The Morgan fingerprint density at radius 2 is 2.17 bits per heavy atom. The fourth-order valence-corrected chi connectivity index (χ4v) is 1.88. The molecule has 1 N–H and O–H groups in total. The van der Waals surface area contributed by atoms with Gasteiger partial charge in [-0.25, -0.2) is 9.37 Å². The molecule has 1 heterocycles. The first kappa shape index (κ1) is 12.6. The molecule has 18 heavy (non-hydrogen) atoms. The molecule has 3 nitrogen and oxygen atoms in total. The smallest absolute Gasteiger partial charge is 0.207 e. The van der Waals surface area contributed by atoms with Gasteiger partial charge < -0.3 is 5.32 Å². The minimum atomic E-state index is -0.224. The van der Waals surface area contributed by atoms with Crippen molar-refractivity contribution in [1.82, 2.24) is 9.55 Å². The van der Waals surface area contributed by atoms with Crippen LogP contribution in [0, 0.1) is 12.7 Å².